The lowest BCUT2D eigenvalue weighted by Gasteiger charge is -2.34. The number of thiazole rings is 4. The van der Waals surface area contributed by atoms with Crippen LogP contribution in [0.5, 0.6) is 0 Å². The molecule has 0 aliphatic carbocycles. The van der Waals surface area contributed by atoms with Crippen LogP contribution in [0, 0.1) is 37.5 Å². The molecule has 4 radical (unpaired) electrons. The van der Waals surface area contributed by atoms with Gasteiger partial charge in [-0.2, -0.15) is 0 Å². The summed E-state index contributed by atoms with van der Waals surface area (Å²) in [5.41, 5.74) is 2.31. The van der Waals surface area contributed by atoms with E-state index in [0.29, 0.717) is 47.5 Å². The van der Waals surface area contributed by atoms with Crippen LogP contribution < -0.4 is 0 Å². The molecular formula is C56H92B4N8O12S4. The molecule has 20 nitrogen and oxygen atoms in total. The smallest absolute Gasteiger partial charge is 0.357 e. The van der Waals surface area contributed by atoms with Crippen LogP contribution in [0.1, 0.15) is 198 Å². The minimum atomic E-state index is -0.789. The maximum atomic E-state index is 11.7. The quantitative estimate of drug-likeness (QED) is 0.0192. The largest absolute Gasteiger partial charge is 0.461 e. The number of aliphatic hydroxyl groups is 4. The zero-order valence-corrected chi connectivity index (χ0v) is 55.5. The first-order valence-electron chi connectivity index (χ1n) is 28.7. The average Bonchev–Trinajstić information content (AvgIpc) is 4.50. The predicted octanol–water partition coefficient (Wildman–Crippen LogP) is 7.86. The minimum absolute atomic E-state index is 0.00450. The van der Waals surface area contributed by atoms with E-state index in [0.717, 1.165) is 72.1 Å². The lowest BCUT2D eigenvalue weighted by molar-refractivity contribution is 0.0509. The van der Waals surface area contributed by atoms with Gasteiger partial charge in [0.25, 0.3) is 29.7 Å². The Morgan fingerprint density at radius 3 is 0.988 bits per heavy atom. The van der Waals surface area contributed by atoms with Gasteiger partial charge in [-0.15, -0.1) is 45.3 Å². The SMILES string of the molecule is CCCN([B]C=O)[C@@H](C[C@@H](O)c1nc(C)cs1)C(C)C.CCCN([B]C=O)[C@H](C[C@@H](O)c1nc(C(=O)OCC)cs1)C(C)C.CCOC(=O)c1csc([C@H](O)C[C@H](C(C)C)N(C)[B]C=O)n1.Cc1csc([C@H](O)C[C@@H](C(C)C)N(C)[B]C=O)n1. The molecule has 464 valence electrons. The molecule has 4 aromatic heterocycles. The highest BCUT2D eigenvalue weighted by molar-refractivity contribution is 7.10. The number of carbonyl (C=O) groups is 6. The molecule has 0 aromatic carbocycles. The Kier molecular flexibility index (Phi) is 39.8. The van der Waals surface area contributed by atoms with Gasteiger partial charge in [0.1, 0.15) is 44.4 Å². The molecule has 0 amide bonds. The Labute approximate surface area is 519 Å². The Morgan fingerprint density at radius 2 is 0.750 bits per heavy atom. The topological polar surface area (TPSA) is 266 Å². The van der Waals surface area contributed by atoms with Gasteiger partial charge in [0.05, 0.1) is 38.0 Å². The van der Waals surface area contributed by atoms with E-state index in [-0.39, 0.29) is 60.6 Å². The minimum Gasteiger partial charge on any atom is -0.461 e. The van der Waals surface area contributed by atoms with E-state index in [9.17, 15) is 49.2 Å². The lowest BCUT2D eigenvalue weighted by Crippen LogP contribution is -2.43. The van der Waals surface area contributed by atoms with Crippen molar-refractivity contribution in [2.75, 3.05) is 40.4 Å². The molecule has 0 saturated heterocycles. The van der Waals surface area contributed by atoms with Crippen molar-refractivity contribution in [2.24, 2.45) is 23.7 Å². The van der Waals surface area contributed by atoms with Crippen LogP contribution in [0.2, 0.25) is 0 Å². The first-order chi connectivity index (χ1) is 39.8. The first kappa shape index (κ1) is 78.1. The second-order valence-corrected chi connectivity index (χ2v) is 25.0. The van der Waals surface area contributed by atoms with E-state index < -0.39 is 36.4 Å². The summed E-state index contributed by atoms with van der Waals surface area (Å²) in [7, 11) is 9.74. The molecule has 0 bridgehead atoms. The number of nitrogens with zero attached hydrogens (tertiary/aromatic N) is 8. The van der Waals surface area contributed by atoms with Crippen molar-refractivity contribution in [3.8, 4) is 0 Å². The predicted molar refractivity (Wildman–Crippen MR) is 342 cm³/mol. The summed E-state index contributed by atoms with van der Waals surface area (Å²) in [4.78, 5) is 90.8. The molecule has 4 aromatic rings. The lowest BCUT2D eigenvalue weighted by atomic mass is 9.85. The highest BCUT2D eigenvalue weighted by Crippen LogP contribution is 2.31. The molecule has 8 atom stereocenters. The van der Waals surface area contributed by atoms with Gasteiger partial charge in [-0.05, 0) is 117 Å². The Bertz CT molecular complexity index is 2470. The molecule has 0 spiro atoms. The Hall–Kier alpha value is -3.92. The van der Waals surface area contributed by atoms with Gasteiger partial charge >= 0.3 is 11.9 Å². The fourth-order valence-corrected chi connectivity index (χ4v) is 12.2. The third-order valence-corrected chi connectivity index (χ3v) is 17.3. The fraction of sp³-hybridized carbons (Fsp3) is 0.679. The van der Waals surface area contributed by atoms with Gasteiger partial charge in [0.15, 0.2) is 11.4 Å². The maximum Gasteiger partial charge on any atom is 0.357 e. The van der Waals surface area contributed by atoms with Crippen LogP contribution in [0.25, 0.3) is 0 Å². The van der Waals surface area contributed by atoms with E-state index in [2.05, 4.69) is 68.4 Å². The molecule has 28 heteroatoms. The van der Waals surface area contributed by atoms with Gasteiger partial charge in [0, 0.05) is 57.1 Å². The van der Waals surface area contributed by atoms with Gasteiger partial charge in [0.2, 0.25) is 0 Å². The standard InChI is InChI=1S/C16H26BN2O4S.C14H22BN2O4S.C14H24BN2O2S.C12H20BN2O2S/c1-5-7-19(17-10-20)13(11(3)4)8-14(21)15-18-12(9-24-15)16(22)23-6-2;1-5-21-14(20)10-7-22-13(16-10)12(19)6-11(9(2)3)17(4)15-8-18;1-5-6-17(15-9-18)12(10(2)3)7-13(19)14-16-11(4)8-20-14;1-8(2)10(15(4)13-7-16)5-11(17)12-14-9(3)6-18-12/h9-11,13-14,21H,5-8H2,1-4H3;7-9,11-12,19H,5-6H2,1-4H3;8-10,12-13,19H,5-7H2,1-4H3;6-8,10-11,17H,5H2,1-4H3/t13-,14-;11-,12-;12-,13+;10-,11+/m1100/s1. The average molecular weight is 1240 g/mol. The summed E-state index contributed by atoms with van der Waals surface area (Å²) in [6, 6.07) is 0.268. The van der Waals surface area contributed by atoms with E-state index >= 15 is 0 Å². The number of hydrogen-bond donors (Lipinski definition) is 4. The zero-order valence-electron chi connectivity index (χ0n) is 52.2. The number of aliphatic hydroxyl groups excluding tert-OH is 4. The molecule has 4 rings (SSSR count). The van der Waals surface area contributed by atoms with Gasteiger partial charge < -0.3 is 68.3 Å². The van der Waals surface area contributed by atoms with Crippen molar-refractivity contribution in [2.45, 2.75) is 184 Å². The third-order valence-electron chi connectivity index (χ3n) is 13.3. The number of hydrogen-bond acceptors (Lipinski definition) is 24. The van der Waals surface area contributed by atoms with Crippen molar-refractivity contribution in [1.29, 1.82) is 0 Å². The Balaban J connectivity index is 0.000000563. The van der Waals surface area contributed by atoms with Crippen LogP contribution in [-0.4, -0.2) is 191 Å². The Morgan fingerprint density at radius 1 is 0.476 bits per heavy atom. The van der Waals surface area contributed by atoms with E-state index in [4.69, 9.17) is 9.47 Å². The highest BCUT2D eigenvalue weighted by Gasteiger charge is 2.30. The summed E-state index contributed by atoms with van der Waals surface area (Å²) in [5.74, 6) is 0.251. The first-order valence-corrected chi connectivity index (χ1v) is 32.2. The molecule has 0 unspecified atom stereocenters. The van der Waals surface area contributed by atoms with E-state index in [1.165, 1.54) is 67.6 Å². The monoisotopic (exact) mass is 1240 g/mol. The van der Waals surface area contributed by atoms with E-state index in [1.54, 1.807) is 43.9 Å². The molecule has 4 heterocycles. The van der Waals surface area contributed by atoms with Crippen molar-refractivity contribution >= 4 is 112 Å². The van der Waals surface area contributed by atoms with Gasteiger partial charge in [-0.25, -0.2) is 29.5 Å². The van der Waals surface area contributed by atoms with Crippen molar-refractivity contribution in [3.05, 3.63) is 64.3 Å². The molecular weight excluding hydrogens is 1150 g/mol. The van der Waals surface area contributed by atoms with Crippen molar-refractivity contribution < 1.29 is 58.7 Å². The number of ether oxygens (including phenoxy) is 2. The third kappa shape index (κ3) is 28.3. The number of rotatable bonds is 36. The maximum absolute atomic E-state index is 11.7. The number of carbonyl (C=O) groups excluding carboxylic acids is 6. The number of esters is 2. The summed E-state index contributed by atoms with van der Waals surface area (Å²) >= 11 is 5.44. The van der Waals surface area contributed by atoms with Crippen molar-refractivity contribution in [3.63, 3.8) is 0 Å². The fourth-order valence-electron chi connectivity index (χ4n) is 9.03. The zero-order chi connectivity index (χ0) is 63.6. The molecule has 0 saturated carbocycles. The van der Waals surface area contributed by atoms with Crippen LogP contribution in [0.15, 0.2) is 21.5 Å². The van der Waals surface area contributed by atoms with Crippen LogP contribution in [0.4, 0.5) is 0 Å². The molecule has 84 heavy (non-hydrogen) atoms. The second-order valence-electron chi connectivity index (χ2n) is 21.4. The van der Waals surface area contributed by atoms with Crippen LogP contribution in [-0.2, 0) is 28.7 Å². The number of aromatic nitrogens is 4. The van der Waals surface area contributed by atoms with Crippen molar-refractivity contribution in [1.82, 2.24) is 39.2 Å². The highest BCUT2D eigenvalue weighted by atomic mass is 32.1. The molecule has 0 fully saturated rings. The summed E-state index contributed by atoms with van der Waals surface area (Å²) in [6.45, 7) is 30.2. The normalized spacial score (nSPS) is 14.2. The molecule has 0 aliphatic heterocycles. The molecule has 0 aliphatic rings. The molecule has 4 N–H and O–H groups in total. The summed E-state index contributed by atoms with van der Waals surface area (Å²) < 4.78 is 9.80. The summed E-state index contributed by atoms with van der Waals surface area (Å²) in [5, 5.41) is 51.0. The van der Waals surface area contributed by atoms with Gasteiger partial charge in [-0.3, -0.25) is 0 Å². The summed E-state index contributed by atoms with van der Waals surface area (Å²) in [6.07, 6.45) is 4.30. The van der Waals surface area contributed by atoms with Gasteiger partial charge in [-0.1, -0.05) is 69.2 Å². The second kappa shape index (κ2) is 42.8. The number of aryl methyl sites for hydroxylation is 2. The van der Waals surface area contributed by atoms with Crippen LogP contribution in [0.3, 0.4) is 0 Å². The van der Waals surface area contributed by atoms with Crippen LogP contribution >= 0.6 is 45.3 Å². The van der Waals surface area contributed by atoms with E-state index in [1.807, 2.05) is 66.9 Å².